The lowest BCUT2D eigenvalue weighted by Crippen LogP contribution is -2.73. The molecule has 1 aromatic rings. The number of ether oxygens (including phenoxy) is 3. The fourth-order valence-electron chi connectivity index (χ4n) is 4.16. The van der Waals surface area contributed by atoms with E-state index in [0.717, 1.165) is 19.8 Å². The number of β-lactam (4-membered cyclic amide) rings is 1. The number of thioether (sulfide) groups is 1. The summed E-state index contributed by atoms with van der Waals surface area (Å²) in [6.45, 7) is 3.68. The SMILES string of the molecule is COC(=O)C1=C(C(=O)OC)[C@]2(N=N1)C(=O)N1[C@@H](C(=O)OCc3ccccc3)C(C)(C)S[C@@H]12. The molecule has 0 bridgehead atoms. The molecule has 0 radical (unpaired) electrons. The minimum absolute atomic E-state index is 0.0638. The highest BCUT2D eigenvalue weighted by molar-refractivity contribution is 8.01. The van der Waals surface area contributed by atoms with Crippen LogP contribution >= 0.6 is 11.8 Å². The molecule has 1 aromatic carbocycles. The number of hydrogen-bond donors (Lipinski definition) is 0. The second-order valence-electron chi connectivity index (χ2n) is 7.96. The van der Waals surface area contributed by atoms with E-state index in [9.17, 15) is 19.2 Å². The highest BCUT2D eigenvalue weighted by Gasteiger charge is 2.76. The van der Waals surface area contributed by atoms with Gasteiger partial charge in [0.05, 0.1) is 14.2 Å². The highest BCUT2D eigenvalue weighted by Crippen LogP contribution is 2.60. The molecule has 0 aromatic heterocycles. The van der Waals surface area contributed by atoms with Gasteiger partial charge in [0.25, 0.3) is 5.91 Å². The van der Waals surface area contributed by atoms with Crippen molar-refractivity contribution in [2.45, 2.75) is 42.2 Å². The number of esters is 3. The van der Waals surface area contributed by atoms with Crippen LogP contribution in [0.1, 0.15) is 19.4 Å². The molecule has 168 valence electrons. The average Bonchev–Trinajstić information content (AvgIpc) is 3.32. The lowest BCUT2D eigenvalue weighted by Gasteiger charge is -2.48. The number of methoxy groups -OCH3 is 2. The maximum Gasteiger partial charge on any atom is 0.359 e. The van der Waals surface area contributed by atoms with Gasteiger partial charge in [0, 0.05) is 4.75 Å². The normalized spacial score (nSPS) is 27.2. The van der Waals surface area contributed by atoms with Crippen LogP contribution < -0.4 is 0 Å². The van der Waals surface area contributed by atoms with Gasteiger partial charge in [-0.1, -0.05) is 30.3 Å². The van der Waals surface area contributed by atoms with Gasteiger partial charge in [-0.25, -0.2) is 14.4 Å². The molecular formula is C21H21N3O7S. The zero-order valence-electron chi connectivity index (χ0n) is 17.9. The van der Waals surface area contributed by atoms with E-state index in [2.05, 4.69) is 15.0 Å². The Kier molecular flexibility index (Phi) is 5.32. The number of carbonyl (C=O) groups is 4. The zero-order chi connectivity index (χ0) is 23.3. The van der Waals surface area contributed by atoms with Crippen molar-refractivity contribution in [1.29, 1.82) is 0 Å². The summed E-state index contributed by atoms with van der Waals surface area (Å²) in [5.74, 6) is -3.00. The van der Waals surface area contributed by atoms with Crippen molar-refractivity contribution in [2.75, 3.05) is 14.2 Å². The van der Waals surface area contributed by atoms with E-state index < -0.39 is 45.5 Å². The predicted molar refractivity (Wildman–Crippen MR) is 111 cm³/mol. The summed E-state index contributed by atoms with van der Waals surface area (Å²) in [5, 5.41) is 7.09. The molecule has 32 heavy (non-hydrogen) atoms. The number of fused-ring (bicyclic) bond motifs is 2. The molecule has 3 atom stereocenters. The smallest absolute Gasteiger partial charge is 0.359 e. The van der Waals surface area contributed by atoms with Crippen molar-refractivity contribution in [1.82, 2.24) is 4.90 Å². The summed E-state index contributed by atoms with van der Waals surface area (Å²) >= 11 is 1.29. The molecule has 3 aliphatic heterocycles. The third kappa shape index (κ3) is 3.02. The fraction of sp³-hybridized carbons (Fsp3) is 0.429. The average molecular weight is 459 g/mol. The number of benzene rings is 1. The van der Waals surface area contributed by atoms with Crippen LogP contribution in [0.25, 0.3) is 0 Å². The first-order valence-corrected chi connectivity index (χ1v) is 10.6. The summed E-state index contributed by atoms with van der Waals surface area (Å²) in [4.78, 5) is 52.4. The molecule has 2 saturated heterocycles. The fourth-order valence-corrected chi connectivity index (χ4v) is 5.84. The van der Waals surface area contributed by atoms with Crippen LogP contribution in [0.3, 0.4) is 0 Å². The van der Waals surface area contributed by atoms with E-state index in [1.165, 1.54) is 16.7 Å². The van der Waals surface area contributed by atoms with Gasteiger partial charge in [-0.15, -0.1) is 16.9 Å². The first-order valence-electron chi connectivity index (χ1n) is 9.74. The largest absolute Gasteiger partial charge is 0.466 e. The first-order chi connectivity index (χ1) is 15.2. The monoisotopic (exact) mass is 459 g/mol. The molecule has 4 rings (SSSR count). The molecule has 1 amide bonds. The van der Waals surface area contributed by atoms with Crippen molar-refractivity contribution in [2.24, 2.45) is 10.2 Å². The molecular weight excluding hydrogens is 438 g/mol. The van der Waals surface area contributed by atoms with Crippen LogP contribution in [0.2, 0.25) is 0 Å². The van der Waals surface area contributed by atoms with Crippen molar-refractivity contribution in [3.05, 3.63) is 47.2 Å². The Morgan fingerprint density at radius 2 is 1.75 bits per heavy atom. The molecule has 3 heterocycles. The molecule has 0 N–H and O–H groups in total. The Morgan fingerprint density at radius 3 is 2.38 bits per heavy atom. The lowest BCUT2D eigenvalue weighted by atomic mass is 9.79. The summed E-state index contributed by atoms with van der Waals surface area (Å²) in [5.41, 5.74) is -1.58. The third-order valence-corrected chi connectivity index (χ3v) is 7.29. The van der Waals surface area contributed by atoms with Crippen LogP contribution in [-0.4, -0.2) is 64.6 Å². The van der Waals surface area contributed by atoms with Gasteiger partial charge in [0.1, 0.15) is 23.6 Å². The van der Waals surface area contributed by atoms with Crippen LogP contribution in [-0.2, 0) is 40.0 Å². The van der Waals surface area contributed by atoms with Gasteiger partial charge in [0.2, 0.25) is 5.54 Å². The Hall–Kier alpha value is -3.21. The Bertz CT molecular complexity index is 1070. The summed E-state index contributed by atoms with van der Waals surface area (Å²) in [6.07, 6.45) is 0. The quantitative estimate of drug-likeness (QED) is 0.369. The number of nitrogens with zero attached hydrogens (tertiary/aromatic N) is 3. The number of hydrogen-bond acceptors (Lipinski definition) is 10. The van der Waals surface area contributed by atoms with Gasteiger partial charge in [-0.3, -0.25) is 4.79 Å². The third-order valence-electron chi connectivity index (χ3n) is 5.66. The van der Waals surface area contributed by atoms with E-state index in [4.69, 9.17) is 9.47 Å². The molecule has 0 saturated carbocycles. The molecule has 11 heteroatoms. The van der Waals surface area contributed by atoms with E-state index in [1.807, 2.05) is 30.3 Å². The standard InChI is InChI=1S/C21H21N3O7S/c1-20(2)14(17(27)31-10-11-8-6-5-7-9-11)24-18(28)21(19(24)32-20)12(15(25)29-3)13(22-23-21)16(26)30-4/h5-9,14,19H,10H2,1-4H3/t14-,19+,21-/m0/s1. The Morgan fingerprint density at radius 1 is 1.09 bits per heavy atom. The number of rotatable bonds is 5. The second kappa shape index (κ2) is 7.73. The number of carbonyl (C=O) groups excluding carboxylic acids is 4. The Balaban J connectivity index is 1.64. The minimum atomic E-state index is -1.74. The second-order valence-corrected chi connectivity index (χ2v) is 9.69. The summed E-state index contributed by atoms with van der Waals surface area (Å²) < 4.78 is 14.2. The van der Waals surface area contributed by atoms with Gasteiger partial charge < -0.3 is 19.1 Å². The van der Waals surface area contributed by atoms with Crippen molar-refractivity contribution in [3.8, 4) is 0 Å². The highest BCUT2D eigenvalue weighted by atomic mass is 32.2. The molecule has 0 aliphatic carbocycles. The lowest BCUT2D eigenvalue weighted by molar-refractivity contribution is -0.168. The van der Waals surface area contributed by atoms with Crippen molar-refractivity contribution in [3.63, 3.8) is 0 Å². The maximum absolute atomic E-state index is 13.4. The van der Waals surface area contributed by atoms with Crippen molar-refractivity contribution < 1.29 is 33.4 Å². The minimum Gasteiger partial charge on any atom is -0.466 e. The molecule has 0 unspecified atom stereocenters. The van der Waals surface area contributed by atoms with Gasteiger partial charge in [-0.2, -0.15) is 5.11 Å². The predicted octanol–water partition coefficient (Wildman–Crippen LogP) is 1.60. The molecule has 1 spiro atoms. The molecule has 3 aliphatic rings. The Labute approximate surface area is 188 Å². The van der Waals surface area contributed by atoms with Gasteiger partial charge >= 0.3 is 17.9 Å². The van der Waals surface area contributed by atoms with E-state index >= 15 is 0 Å². The summed E-state index contributed by atoms with van der Waals surface area (Å²) in [6, 6.07) is 8.28. The topological polar surface area (TPSA) is 124 Å². The van der Waals surface area contributed by atoms with Gasteiger partial charge in [-0.05, 0) is 19.4 Å². The maximum atomic E-state index is 13.4. The van der Waals surface area contributed by atoms with Gasteiger partial charge in [0.15, 0.2) is 5.70 Å². The van der Waals surface area contributed by atoms with Crippen LogP contribution in [0.4, 0.5) is 0 Å². The van der Waals surface area contributed by atoms with Crippen LogP contribution in [0.15, 0.2) is 51.8 Å². The van der Waals surface area contributed by atoms with Crippen LogP contribution in [0.5, 0.6) is 0 Å². The molecule has 10 nitrogen and oxygen atoms in total. The van der Waals surface area contributed by atoms with Crippen LogP contribution in [0, 0.1) is 0 Å². The number of amides is 1. The van der Waals surface area contributed by atoms with E-state index in [-0.39, 0.29) is 17.9 Å². The van der Waals surface area contributed by atoms with E-state index in [1.54, 1.807) is 13.8 Å². The zero-order valence-corrected chi connectivity index (χ0v) is 18.7. The first kappa shape index (κ1) is 22.0. The summed E-state index contributed by atoms with van der Waals surface area (Å²) in [7, 11) is 2.26. The van der Waals surface area contributed by atoms with E-state index in [0.29, 0.717) is 0 Å². The molecule has 2 fully saturated rings. The number of azo groups is 1. The van der Waals surface area contributed by atoms with Crippen molar-refractivity contribution >= 4 is 35.6 Å².